The number of phenols is 1. The van der Waals surface area contributed by atoms with E-state index in [9.17, 15) is 9.90 Å². The Labute approximate surface area is 145 Å². The highest BCUT2D eigenvalue weighted by molar-refractivity contribution is 6.33. The molecule has 4 nitrogen and oxygen atoms in total. The van der Waals surface area contributed by atoms with Crippen LogP contribution in [0, 0.1) is 0 Å². The van der Waals surface area contributed by atoms with E-state index in [1.807, 2.05) is 0 Å². The van der Waals surface area contributed by atoms with Crippen LogP contribution in [-0.2, 0) is 4.74 Å². The molecule has 1 aliphatic carbocycles. The number of pyridine rings is 1. The molecule has 24 heavy (non-hydrogen) atoms. The standard InChI is InChI=1S/C19H18ClNO3/c1-2-24-19(23)13-9-12(10-21-11-13)14-5-3-6-15(14)18-16(20)7-4-8-17(18)22/h4,7-11,22H,2-3,5-6H2,1H3. The fraction of sp³-hybridized carbons (Fsp3) is 0.263. The third-order valence-corrected chi connectivity index (χ3v) is 4.42. The number of benzene rings is 1. The van der Waals surface area contributed by atoms with Crippen molar-refractivity contribution < 1.29 is 14.6 Å². The molecule has 1 aliphatic rings. The van der Waals surface area contributed by atoms with Crippen molar-refractivity contribution in [2.45, 2.75) is 26.2 Å². The van der Waals surface area contributed by atoms with Crippen molar-refractivity contribution in [3.63, 3.8) is 0 Å². The lowest BCUT2D eigenvalue weighted by molar-refractivity contribution is 0.0526. The van der Waals surface area contributed by atoms with Crippen LogP contribution in [0.25, 0.3) is 11.1 Å². The van der Waals surface area contributed by atoms with Gasteiger partial charge in [0.15, 0.2) is 0 Å². The highest BCUT2D eigenvalue weighted by atomic mass is 35.5. The van der Waals surface area contributed by atoms with Crippen molar-refractivity contribution >= 4 is 28.7 Å². The Morgan fingerprint density at radius 1 is 1.29 bits per heavy atom. The number of hydrogen-bond acceptors (Lipinski definition) is 4. The summed E-state index contributed by atoms with van der Waals surface area (Å²) in [5.41, 5.74) is 4.05. The Morgan fingerprint density at radius 3 is 2.83 bits per heavy atom. The summed E-state index contributed by atoms with van der Waals surface area (Å²) < 4.78 is 5.04. The molecule has 0 aliphatic heterocycles. The molecule has 0 atom stereocenters. The largest absolute Gasteiger partial charge is 0.507 e. The fourth-order valence-corrected chi connectivity index (χ4v) is 3.36. The molecule has 0 unspecified atom stereocenters. The second kappa shape index (κ2) is 7.05. The van der Waals surface area contributed by atoms with Crippen LogP contribution in [0.2, 0.25) is 5.02 Å². The summed E-state index contributed by atoms with van der Waals surface area (Å²) in [6.45, 7) is 2.09. The summed E-state index contributed by atoms with van der Waals surface area (Å²) in [5, 5.41) is 10.7. The van der Waals surface area contributed by atoms with Crippen LogP contribution in [0.4, 0.5) is 0 Å². The van der Waals surface area contributed by atoms with E-state index >= 15 is 0 Å². The Hall–Kier alpha value is -2.33. The minimum absolute atomic E-state index is 0.173. The van der Waals surface area contributed by atoms with Crippen molar-refractivity contribution in [1.29, 1.82) is 0 Å². The van der Waals surface area contributed by atoms with Crippen LogP contribution in [0.1, 0.15) is 47.7 Å². The van der Waals surface area contributed by atoms with E-state index in [1.165, 1.54) is 6.20 Å². The molecule has 0 radical (unpaired) electrons. The van der Waals surface area contributed by atoms with E-state index in [4.69, 9.17) is 16.3 Å². The monoisotopic (exact) mass is 343 g/mol. The first-order valence-electron chi connectivity index (χ1n) is 7.94. The molecule has 124 valence electrons. The summed E-state index contributed by atoms with van der Waals surface area (Å²) in [6, 6.07) is 6.92. The van der Waals surface area contributed by atoms with Crippen LogP contribution in [0.15, 0.2) is 36.7 Å². The Bertz CT molecular complexity index is 794. The maximum Gasteiger partial charge on any atom is 0.339 e. The number of nitrogens with zero attached hydrogens (tertiary/aromatic N) is 1. The van der Waals surface area contributed by atoms with Crippen LogP contribution >= 0.6 is 11.6 Å². The van der Waals surface area contributed by atoms with E-state index < -0.39 is 0 Å². The lowest BCUT2D eigenvalue weighted by Crippen LogP contribution is -2.05. The van der Waals surface area contributed by atoms with Gasteiger partial charge in [0.05, 0.1) is 17.2 Å². The first-order valence-corrected chi connectivity index (χ1v) is 8.32. The molecule has 0 saturated heterocycles. The number of halogens is 1. The van der Waals surface area contributed by atoms with E-state index in [-0.39, 0.29) is 11.7 Å². The van der Waals surface area contributed by atoms with Crippen molar-refractivity contribution in [3.8, 4) is 5.75 Å². The van der Waals surface area contributed by atoms with Gasteiger partial charge in [0.1, 0.15) is 5.75 Å². The second-order valence-corrected chi connectivity index (χ2v) is 6.03. The van der Waals surface area contributed by atoms with Gasteiger partial charge in [-0.05, 0) is 61.1 Å². The molecule has 0 spiro atoms. The Morgan fingerprint density at radius 2 is 2.08 bits per heavy atom. The normalized spacial score (nSPS) is 14.1. The SMILES string of the molecule is CCOC(=O)c1cncc(C2=C(c3c(O)cccc3Cl)CCC2)c1. The molecule has 0 bridgehead atoms. The minimum Gasteiger partial charge on any atom is -0.507 e. The van der Waals surface area contributed by atoms with Crippen molar-refractivity contribution in [2.24, 2.45) is 0 Å². The topological polar surface area (TPSA) is 59.4 Å². The number of allylic oxidation sites excluding steroid dienone is 2. The molecule has 0 fully saturated rings. The van der Waals surface area contributed by atoms with E-state index in [0.29, 0.717) is 22.8 Å². The van der Waals surface area contributed by atoms with Crippen LogP contribution in [-0.4, -0.2) is 22.7 Å². The number of carbonyl (C=O) groups is 1. The van der Waals surface area contributed by atoms with Gasteiger partial charge in [-0.15, -0.1) is 0 Å². The van der Waals surface area contributed by atoms with Gasteiger partial charge in [0.2, 0.25) is 0 Å². The molecule has 2 aromatic rings. The first-order chi connectivity index (χ1) is 11.6. The van der Waals surface area contributed by atoms with Gasteiger partial charge in [0, 0.05) is 18.0 Å². The summed E-state index contributed by atoms with van der Waals surface area (Å²) in [5.74, 6) is -0.209. The van der Waals surface area contributed by atoms with E-state index in [0.717, 1.165) is 36.0 Å². The molecule has 1 aromatic carbocycles. The number of esters is 1. The summed E-state index contributed by atoms with van der Waals surface area (Å²) in [7, 11) is 0. The highest BCUT2D eigenvalue weighted by Crippen LogP contribution is 2.44. The minimum atomic E-state index is -0.382. The smallest absolute Gasteiger partial charge is 0.339 e. The number of hydrogen-bond donors (Lipinski definition) is 1. The Balaban J connectivity index is 2.07. The third-order valence-electron chi connectivity index (χ3n) is 4.11. The van der Waals surface area contributed by atoms with Gasteiger partial charge in [-0.1, -0.05) is 17.7 Å². The average molecular weight is 344 g/mol. The molecule has 3 rings (SSSR count). The number of rotatable bonds is 4. The van der Waals surface area contributed by atoms with Gasteiger partial charge in [-0.2, -0.15) is 0 Å². The predicted molar refractivity (Wildman–Crippen MR) is 94.0 cm³/mol. The third kappa shape index (κ3) is 3.15. The molecular weight excluding hydrogens is 326 g/mol. The molecule has 1 aromatic heterocycles. The summed E-state index contributed by atoms with van der Waals surface area (Å²) >= 11 is 6.30. The van der Waals surface area contributed by atoms with E-state index in [2.05, 4.69) is 4.98 Å². The van der Waals surface area contributed by atoms with Gasteiger partial charge in [-0.25, -0.2) is 4.79 Å². The number of aromatic hydroxyl groups is 1. The highest BCUT2D eigenvalue weighted by Gasteiger charge is 2.22. The van der Waals surface area contributed by atoms with Gasteiger partial charge in [-0.3, -0.25) is 4.98 Å². The Kier molecular flexibility index (Phi) is 4.86. The predicted octanol–water partition coefficient (Wildman–Crippen LogP) is 4.71. The lowest BCUT2D eigenvalue weighted by Gasteiger charge is -2.12. The molecule has 5 heteroatoms. The van der Waals surface area contributed by atoms with Crippen molar-refractivity contribution in [3.05, 3.63) is 58.4 Å². The zero-order chi connectivity index (χ0) is 17.1. The van der Waals surface area contributed by atoms with Crippen LogP contribution in [0.5, 0.6) is 5.75 Å². The van der Waals surface area contributed by atoms with Crippen molar-refractivity contribution in [1.82, 2.24) is 4.98 Å². The maximum absolute atomic E-state index is 11.9. The average Bonchev–Trinajstić information content (AvgIpc) is 3.04. The van der Waals surface area contributed by atoms with E-state index in [1.54, 1.807) is 37.4 Å². The molecular formula is C19H18ClNO3. The molecule has 0 saturated carbocycles. The number of ether oxygens (including phenoxy) is 1. The maximum atomic E-state index is 11.9. The van der Waals surface area contributed by atoms with Crippen LogP contribution in [0.3, 0.4) is 0 Å². The first kappa shape index (κ1) is 16.5. The van der Waals surface area contributed by atoms with Gasteiger partial charge in [0.25, 0.3) is 0 Å². The number of carbonyl (C=O) groups excluding carboxylic acids is 1. The number of phenolic OH excluding ortho intramolecular Hbond substituents is 1. The summed E-state index contributed by atoms with van der Waals surface area (Å²) in [4.78, 5) is 16.1. The molecule has 1 N–H and O–H groups in total. The van der Waals surface area contributed by atoms with Gasteiger partial charge < -0.3 is 9.84 Å². The second-order valence-electron chi connectivity index (χ2n) is 5.63. The zero-order valence-corrected chi connectivity index (χ0v) is 14.1. The van der Waals surface area contributed by atoms with Crippen molar-refractivity contribution in [2.75, 3.05) is 6.61 Å². The summed E-state index contributed by atoms with van der Waals surface area (Å²) in [6.07, 6.45) is 5.89. The molecule has 1 heterocycles. The quantitative estimate of drug-likeness (QED) is 0.816. The van der Waals surface area contributed by atoms with Crippen LogP contribution < -0.4 is 0 Å². The fourth-order valence-electron chi connectivity index (χ4n) is 3.08. The lowest BCUT2D eigenvalue weighted by atomic mass is 9.96. The van der Waals surface area contributed by atoms with Gasteiger partial charge >= 0.3 is 5.97 Å². The zero-order valence-electron chi connectivity index (χ0n) is 13.4. The number of aromatic nitrogens is 1. The molecule has 0 amide bonds.